The fourth-order valence-corrected chi connectivity index (χ4v) is 7.33. The summed E-state index contributed by atoms with van der Waals surface area (Å²) in [7, 11) is -3.77. The first kappa shape index (κ1) is 19.4. The molecule has 154 valence electrons. The number of rotatable bonds is 5. The second kappa shape index (κ2) is 7.31. The molecule has 0 saturated carbocycles. The van der Waals surface area contributed by atoms with Gasteiger partial charge in [-0.25, -0.2) is 13.4 Å². The number of amides is 1. The molecule has 1 saturated heterocycles. The van der Waals surface area contributed by atoms with Crippen LogP contribution in [0.4, 0.5) is 5.82 Å². The Morgan fingerprint density at radius 1 is 1.23 bits per heavy atom. The summed E-state index contributed by atoms with van der Waals surface area (Å²) in [6.07, 6.45) is 2.09. The number of thiophene rings is 2. The number of nitrogens with two attached hydrogens (primary N) is 1. The molecule has 0 aliphatic carbocycles. The number of hydrogen-bond donors (Lipinski definition) is 2. The zero-order valence-corrected chi connectivity index (χ0v) is 18.2. The molecule has 7 nitrogen and oxygen atoms in total. The quantitative estimate of drug-likeness (QED) is 0.478. The fraction of sp³-hybridized carbons (Fsp3) is 0.200. The van der Waals surface area contributed by atoms with E-state index in [-0.39, 0.29) is 10.1 Å². The summed E-state index contributed by atoms with van der Waals surface area (Å²) >= 11 is 2.76. The molecule has 1 amide bonds. The lowest BCUT2D eigenvalue weighted by molar-refractivity contribution is -0.129. The van der Waals surface area contributed by atoms with Gasteiger partial charge in [0.2, 0.25) is 5.91 Å². The van der Waals surface area contributed by atoms with Gasteiger partial charge in [0, 0.05) is 34.1 Å². The van der Waals surface area contributed by atoms with Crippen molar-refractivity contribution >= 4 is 64.6 Å². The highest BCUT2D eigenvalue weighted by molar-refractivity contribution is 7.91. The molecule has 3 aromatic heterocycles. The SMILES string of the molecule is Nc1nccc2scc(CN3CC[C@@H](NS(=O)(=O)c4cc5ccccc5s4)C3=O)c12. The molecule has 0 spiro atoms. The van der Waals surface area contributed by atoms with E-state index in [9.17, 15) is 13.2 Å². The fourth-order valence-electron chi connectivity index (χ4n) is 3.74. The maximum Gasteiger partial charge on any atom is 0.250 e. The molecular formula is C20H18N4O3S3. The van der Waals surface area contributed by atoms with Crippen LogP contribution >= 0.6 is 22.7 Å². The zero-order valence-electron chi connectivity index (χ0n) is 15.7. The monoisotopic (exact) mass is 458 g/mol. The molecule has 0 unspecified atom stereocenters. The van der Waals surface area contributed by atoms with Crippen molar-refractivity contribution in [3.8, 4) is 0 Å². The van der Waals surface area contributed by atoms with Gasteiger partial charge in [0.1, 0.15) is 16.1 Å². The van der Waals surface area contributed by atoms with Gasteiger partial charge in [0.25, 0.3) is 10.0 Å². The van der Waals surface area contributed by atoms with Gasteiger partial charge in [0.05, 0.1) is 0 Å². The van der Waals surface area contributed by atoms with E-state index in [1.165, 1.54) is 11.3 Å². The number of aromatic nitrogens is 1. The Kier molecular flexibility index (Phi) is 4.73. The van der Waals surface area contributed by atoms with E-state index in [0.717, 1.165) is 25.7 Å². The highest BCUT2D eigenvalue weighted by Crippen LogP contribution is 2.32. The van der Waals surface area contributed by atoms with Gasteiger partial charge < -0.3 is 10.6 Å². The summed E-state index contributed by atoms with van der Waals surface area (Å²) in [6.45, 7) is 0.867. The predicted molar refractivity (Wildman–Crippen MR) is 120 cm³/mol. The van der Waals surface area contributed by atoms with Gasteiger partial charge in [-0.3, -0.25) is 4.79 Å². The standard InChI is InChI=1S/C20H18N4O3S3/c21-19-18-13(11-28-16(18)5-7-22-19)10-24-8-6-14(20(24)25)23-30(26,27)17-9-12-3-1-2-4-15(12)29-17/h1-5,7,9,11,14,23H,6,8,10H2,(H2,21,22)/t14-/m1/s1. The largest absolute Gasteiger partial charge is 0.383 e. The minimum absolute atomic E-state index is 0.220. The number of carbonyl (C=O) groups is 1. The molecule has 4 aromatic rings. The number of carbonyl (C=O) groups excluding carboxylic acids is 1. The first-order valence-corrected chi connectivity index (χ1v) is 12.5. The number of nitrogens with one attached hydrogen (secondary N) is 1. The predicted octanol–water partition coefficient (Wildman–Crippen LogP) is 3.17. The van der Waals surface area contributed by atoms with Crippen LogP contribution in [0.1, 0.15) is 12.0 Å². The first-order chi connectivity index (χ1) is 14.4. The molecule has 10 heteroatoms. The molecule has 3 N–H and O–H groups in total. The number of nitrogen functional groups attached to an aromatic ring is 1. The molecule has 1 aliphatic heterocycles. The minimum atomic E-state index is -3.77. The van der Waals surface area contributed by atoms with Gasteiger partial charge in [-0.2, -0.15) is 4.72 Å². The van der Waals surface area contributed by atoms with E-state index in [4.69, 9.17) is 5.73 Å². The average Bonchev–Trinajstić information content (AvgIpc) is 3.42. The summed E-state index contributed by atoms with van der Waals surface area (Å²) in [4.78, 5) is 18.7. The third kappa shape index (κ3) is 3.35. The van der Waals surface area contributed by atoms with Crippen molar-refractivity contribution in [2.75, 3.05) is 12.3 Å². The van der Waals surface area contributed by atoms with Crippen LogP contribution in [-0.4, -0.2) is 36.8 Å². The second-order valence-corrected chi connectivity index (χ2v) is 11.1. The number of anilines is 1. The van der Waals surface area contributed by atoms with E-state index in [1.807, 2.05) is 35.7 Å². The van der Waals surface area contributed by atoms with E-state index < -0.39 is 16.1 Å². The number of hydrogen-bond acceptors (Lipinski definition) is 7. The number of benzene rings is 1. The Bertz CT molecular complexity index is 1340. The van der Waals surface area contributed by atoms with Gasteiger partial charge in [-0.1, -0.05) is 18.2 Å². The number of likely N-dealkylation sites (tertiary alicyclic amines) is 1. The molecule has 30 heavy (non-hydrogen) atoms. The molecule has 0 radical (unpaired) electrons. The smallest absolute Gasteiger partial charge is 0.250 e. The Morgan fingerprint density at radius 3 is 2.90 bits per heavy atom. The van der Waals surface area contributed by atoms with E-state index in [1.54, 1.807) is 28.5 Å². The van der Waals surface area contributed by atoms with Gasteiger partial charge in [0.15, 0.2) is 0 Å². The van der Waals surface area contributed by atoms with Crippen molar-refractivity contribution in [1.29, 1.82) is 0 Å². The van der Waals surface area contributed by atoms with Crippen LogP contribution in [0.5, 0.6) is 0 Å². The number of nitrogens with zero attached hydrogens (tertiary/aromatic N) is 2. The third-order valence-electron chi connectivity index (χ3n) is 5.22. The lowest BCUT2D eigenvalue weighted by Crippen LogP contribution is -2.41. The second-order valence-electron chi connectivity index (χ2n) is 7.16. The van der Waals surface area contributed by atoms with Crippen molar-refractivity contribution in [1.82, 2.24) is 14.6 Å². The van der Waals surface area contributed by atoms with Crippen molar-refractivity contribution in [3.63, 3.8) is 0 Å². The van der Waals surface area contributed by atoms with Crippen molar-refractivity contribution in [2.45, 2.75) is 23.2 Å². The van der Waals surface area contributed by atoms with Crippen LogP contribution in [0.25, 0.3) is 20.2 Å². The van der Waals surface area contributed by atoms with Gasteiger partial charge in [-0.05, 0) is 40.9 Å². The highest BCUT2D eigenvalue weighted by atomic mass is 32.2. The van der Waals surface area contributed by atoms with Crippen molar-refractivity contribution < 1.29 is 13.2 Å². The zero-order chi connectivity index (χ0) is 20.9. The van der Waals surface area contributed by atoms with E-state index >= 15 is 0 Å². The Labute approximate surface area is 181 Å². The number of sulfonamides is 1. The summed E-state index contributed by atoms with van der Waals surface area (Å²) in [5.74, 6) is 0.221. The van der Waals surface area contributed by atoms with Crippen LogP contribution in [-0.2, 0) is 21.4 Å². The maximum absolute atomic E-state index is 12.9. The molecule has 0 bridgehead atoms. The molecule has 1 fully saturated rings. The van der Waals surface area contributed by atoms with Gasteiger partial charge in [-0.15, -0.1) is 22.7 Å². The maximum atomic E-state index is 12.9. The normalized spacial score (nSPS) is 17.4. The van der Waals surface area contributed by atoms with Crippen LogP contribution in [0.15, 0.2) is 52.2 Å². The van der Waals surface area contributed by atoms with Gasteiger partial charge >= 0.3 is 0 Å². The van der Waals surface area contributed by atoms with Crippen LogP contribution in [0.3, 0.4) is 0 Å². The minimum Gasteiger partial charge on any atom is -0.383 e. The van der Waals surface area contributed by atoms with Crippen LogP contribution < -0.4 is 10.5 Å². The Morgan fingerprint density at radius 2 is 2.07 bits per heavy atom. The van der Waals surface area contributed by atoms with E-state index in [2.05, 4.69) is 9.71 Å². The number of pyridine rings is 1. The summed E-state index contributed by atoms with van der Waals surface area (Å²) < 4.78 is 30.4. The molecular weight excluding hydrogens is 440 g/mol. The Hall–Kier alpha value is -2.53. The van der Waals surface area contributed by atoms with Crippen LogP contribution in [0.2, 0.25) is 0 Å². The van der Waals surface area contributed by atoms with Crippen molar-refractivity contribution in [3.05, 3.63) is 53.5 Å². The molecule has 1 aliphatic rings. The third-order valence-corrected chi connectivity index (χ3v) is 9.27. The molecule has 5 rings (SSSR count). The lowest BCUT2D eigenvalue weighted by Gasteiger charge is -2.17. The molecule has 1 aromatic carbocycles. The molecule has 1 atom stereocenters. The summed E-state index contributed by atoms with van der Waals surface area (Å²) in [6, 6.07) is 10.3. The lowest BCUT2D eigenvalue weighted by atomic mass is 10.2. The van der Waals surface area contributed by atoms with E-state index in [0.29, 0.717) is 25.3 Å². The van der Waals surface area contributed by atoms with Crippen LogP contribution in [0, 0.1) is 0 Å². The van der Waals surface area contributed by atoms with Crippen molar-refractivity contribution in [2.24, 2.45) is 0 Å². The highest BCUT2D eigenvalue weighted by Gasteiger charge is 2.35. The molecule has 4 heterocycles. The first-order valence-electron chi connectivity index (χ1n) is 9.32. The Balaban J connectivity index is 1.34. The summed E-state index contributed by atoms with van der Waals surface area (Å²) in [5.41, 5.74) is 6.95. The average molecular weight is 459 g/mol. The topological polar surface area (TPSA) is 105 Å². The number of fused-ring (bicyclic) bond motifs is 2. The summed E-state index contributed by atoms with van der Waals surface area (Å²) in [5, 5.41) is 3.72.